The highest BCUT2D eigenvalue weighted by molar-refractivity contribution is 14.1. The average Bonchev–Trinajstić information content (AvgIpc) is 2.56. The van der Waals surface area contributed by atoms with E-state index in [-0.39, 0.29) is 5.91 Å². The Morgan fingerprint density at radius 1 is 1.00 bits per heavy atom. The van der Waals surface area contributed by atoms with Crippen molar-refractivity contribution in [2.75, 3.05) is 13.2 Å². The SMILES string of the molecule is CCOc1ccc(CNC(=O)c2ccc(I)cc2)cc1OCC. The van der Waals surface area contributed by atoms with Crippen LogP contribution >= 0.6 is 22.6 Å². The maximum Gasteiger partial charge on any atom is 0.251 e. The molecule has 0 fully saturated rings. The van der Waals surface area contributed by atoms with Crippen molar-refractivity contribution < 1.29 is 14.3 Å². The Hall–Kier alpha value is -1.76. The first-order valence-electron chi connectivity index (χ1n) is 7.56. The standard InChI is InChI=1S/C18H20INO3/c1-3-22-16-10-5-13(11-17(16)23-4-2)12-20-18(21)14-6-8-15(19)9-7-14/h5-11H,3-4,12H2,1-2H3,(H,20,21). The maximum atomic E-state index is 12.1. The summed E-state index contributed by atoms with van der Waals surface area (Å²) in [5, 5.41) is 2.92. The highest BCUT2D eigenvalue weighted by Crippen LogP contribution is 2.28. The third-order valence-electron chi connectivity index (χ3n) is 3.17. The number of rotatable bonds is 7. The number of carbonyl (C=O) groups is 1. The summed E-state index contributed by atoms with van der Waals surface area (Å²) in [7, 11) is 0. The number of hydrogen-bond donors (Lipinski definition) is 1. The molecule has 0 unspecified atom stereocenters. The minimum atomic E-state index is -0.0896. The molecule has 0 saturated heterocycles. The molecular formula is C18H20INO3. The molecule has 5 heteroatoms. The molecule has 4 nitrogen and oxygen atoms in total. The summed E-state index contributed by atoms with van der Waals surface area (Å²) in [4.78, 5) is 12.1. The largest absolute Gasteiger partial charge is 0.490 e. The van der Waals surface area contributed by atoms with Crippen molar-refractivity contribution in [2.24, 2.45) is 0 Å². The van der Waals surface area contributed by atoms with Crippen LogP contribution in [0.25, 0.3) is 0 Å². The lowest BCUT2D eigenvalue weighted by Crippen LogP contribution is -2.22. The Labute approximate surface area is 150 Å². The van der Waals surface area contributed by atoms with Crippen molar-refractivity contribution in [1.82, 2.24) is 5.32 Å². The van der Waals surface area contributed by atoms with Crippen LogP contribution in [0.4, 0.5) is 0 Å². The molecule has 2 aromatic carbocycles. The van der Waals surface area contributed by atoms with Gasteiger partial charge in [-0.25, -0.2) is 0 Å². The van der Waals surface area contributed by atoms with E-state index in [2.05, 4.69) is 27.9 Å². The minimum absolute atomic E-state index is 0.0896. The van der Waals surface area contributed by atoms with Crippen LogP contribution in [0.3, 0.4) is 0 Å². The third-order valence-corrected chi connectivity index (χ3v) is 3.89. The second-order valence-electron chi connectivity index (χ2n) is 4.84. The zero-order valence-corrected chi connectivity index (χ0v) is 15.4. The molecule has 0 aliphatic rings. The summed E-state index contributed by atoms with van der Waals surface area (Å²) in [6.07, 6.45) is 0. The van der Waals surface area contributed by atoms with E-state index in [1.54, 1.807) is 0 Å². The van der Waals surface area contributed by atoms with Crippen LogP contribution in [0.5, 0.6) is 11.5 Å². The highest BCUT2D eigenvalue weighted by Gasteiger charge is 2.08. The lowest BCUT2D eigenvalue weighted by Gasteiger charge is -2.13. The molecular weight excluding hydrogens is 405 g/mol. The van der Waals surface area contributed by atoms with E-state index >= 15 is 0 Å². The van der Waals surface area contributed by atoms with Crippen LogP contribution < -0.4 is 14.8 Å². The first-order valence-corrected chi connectivity index (χ1v) is 8.64. The molecule has 2 rings (SSSR count). The second-order valence-corrected chi connectivity index (χ2v) is 6.08. The number of carbonyl (C=O) groups excluding carboxylic acids is 1. The highest BCUT2D eigenvalue weighted by atomic mass is 127. The molecule has 0 atom stereocenters. The van der Waals surface area contributed by atoms with Crippen LogP contribution in [0.1, 0.15) is 29.8 Å². The molecule has 1 N–H and O–H groups in total. The van der Waals surface area contributed by atoms with Crippen molar-refractivity contribution in [3.05, 3.63) is 57.2 Å². The quantitative estimate of drug-likeness (QED) is 0.682. The summed E-state index contributed by atoms with van der Waals surface area (Å²) in [5.74, 6) is 1.34. The zero-order chi connectivity index (χ0) is 16.7. The van der Waals surface area contributed by atoms with E-state index in [1.165, 1.54) is 0 Å². The van der Waals surface area contributed by atoms with Gasteiger partial charge in [0.2, 0.25) is 0 Å². The Bertz CT molecular complexity index is 656. The Balaban J connectivity index is 2.03. The van der Waals surface area contributed by atoms with Gasteiger partial charge >= 0.3 is 0 Å². The lowest BCUT2D eigenvalue weighted by atomic mass is 10.1. The van der Waals surface area contributed by atoms with E-state index in [0.717, 1.165) is 14.9 Å². The van der Waals surface area contributed by atoms with Gasteiger partial charge in [-0.05, 0) is 78.4 Å². The van der Waals surface area contributed by atoms with Crippen molar-refractivity contribution in [3.8, 4) is 11.5 Å². The summed E-state index contributed by atoms with van der Waals surface area (Å²) < 4.78 is 12.2. The number of benzene rings is 2. The van der Waals surface area contributed by atoms with Gasteiger partial charge in [0.25, 0.3) is 5.91 Å². The number of nitrogens with one attached hydrogen (secondary N) is 1. The molecule has 0 aliphatic heterocycles. The fourth-order valence-electron chi connectivity index (χ4n) is 2.09. The van der Waals surface area contributed by atoms with Gasteiger partial charge in [0.15, 0.2) is 11.5 Å². The van der Waals surface area contributed by atoms with Crippen LogP contribution in [0.2, 0.25) is 0 Å². The molecule has 122 valence electrons. The molecule has 0 spiro atoms. The third kappa shape index (κ3) is 5.13. The van der Waals surface area contributed by atoms with Gasteiger partial charge in [-0.2, -0.15) is 0 Å². The predicted octanol–water partition coefficient (Wildman–Crippen LogP) is 4.02. The van der Waals surface area contributed by atoms with Gasteiger partial charge in [0.05, 0.1) is 13.2 Å². The normalized spacial score (nSPS) is 10.2. The first-order chi connectivity index (χ1) is 11.1. The van der Waals surface area contributed by atoms with E-state index in [9.17, 15) is 4.79 Å². The summed E-state index contributed by atoms with van der Waals surface area (Å²) in [6, 6.07) is 13.2. The molecule has 0 saturated carbocycles. The number of ether oxygens (including phenoxy) is 2. The van der Waals surface area contributed by atoms with E-state index in [0.29, 0.717) is 31.1 Å². The fraction of sp³-hybridized carbons (Fsp3) is 0.278. The van der Waals surface area contributed by atoms with Gasteiger partial charge in [-0.3, -0.25) is 4.79 Å². The van der Waals surface area contributed by atoms with Crippen LogP contribution in [-0.4, -0.2) is 19.1 Å². The van der Waals surface area contributed by atoms with Gasteiger partial charge in [0, 0.05) is 15.7 Å². The first kappa shape index (κ1) is 17.6. The van der Waals surface area contributed by atoms with Gasteiger partial charge in [0.1, 0.15) is 0 Å². The number of hydrogen-bond acceptors (Lipinski definition) is 3. The maximum absolute atomic E-state index is 12.1. The molecule has 0 aromatic heterocycles. The molecule has 0 bridgehead atoms. The Morgan fingerprint density at radius 3 is 2.30 bits per heavy atom. The Kier molecular flexibility index (Phi) is 6.70. The molecule has 1 amide bonds. The second kappa shape index (κ2) is 8.76. The predicted molar refractivity (Wildman–Crippen MR) is 99.1 cm³/mol. The van der Waals surface area contributed by atoms with E-state index in [1.807, 2.05) is 56.3 Å². The molecule has 2 aromatic rings. The van der Waals surface area contributed by atoms with Crippen LogP contribution in [0.15, 0.2) is 42.5 Å². The smallest absolute Gasteiger partial charge is 0.251 e. The van der Waals surface area contributed by atoms with Crippen molar-refractivity contribution in [1.29, 1.82) is 0 Å². The van der Waals surface area contributed by atoms with Crippen LogP contribution in [-0.2, 0) is 6.54 Å². The number of halogens is 1. The van der Waals surface area contributed by atoms with Crippen molar-refractivity contribution in [2.45, 2.75) is 20.4 Å². The molecule has 0 heterocycles. The number of amides is 1. The minimum Gasteiger partial charge on any atom is -0.490 e. The molecule has 0 radical (unpaired) electrons. The fourth-order valence-corrected chi connectivity index (χ4v) is 2.45. The zero-order valence-electron chi connectivity index (χ0n) is 13.3. The van der Waals surface area contributed by atoms with E-state index in [4.69, 9.17) is 9.47 Å². The van der Waals surface area contributed by atoms with Gasteiger partial charge in [-0.1, -0.05) is 6.07 Å². The topological polar surface area (TPSA) is 47.6 Å². The van der Waals surface area contributed by atoms with Gasteiger partial charge < -0.3 is 14.8 Å². The summed E-state index contributed by atoms with van der Waals surface area (Å²) in [5.41, 5.74) is 1.62. The monoisotopic (exact) mass is 425 g/mol. The summed E-state index contributed by atoms with van der Waals surface area (Å²) in [6.45, 7) is 5.46. The average molecular weight is 425 g/mol. The van der Waals surface area contributed by atoms with Crippen molar-refractivity contribution in [3.63, 3.8) is 0 Å². The molecule has 23 heavy (non-hydrogen) atoms. The summed E-state index contributed by atoms with van der Waals surface area (Å²) >= 11 is 2.21. The van der Waals surface area contributed by atoms with E-state index < -0.39 is 0 Å². The lowest BCUT2D eigenvalue weighted by molar-refractivity contribution is 0.0951. The van der Waals surface area contributed by atoms with Gasteiger partial charge in [-0.15, -0.1) is 0 Å². The van der Waals surface area contributed by atoms with Crippen LogP contribution in [0, 0.1) is 3.57 Å². The molecule has 0 aliphatic carbocycles. The Morgan fingerprint density at radius 2 is 1.65 bits per heavy atom. The van der Waals surface area contributed by atoms with Crippen molar-refractivity contribution >= 4 is 28.5 Å².